The molecule has 1 aromatic rings. The third kappa shape index (κ3) is 2.26. The molecule has 0 N–H and O–H groups in total. The summed E-state index contributed by atoms with van der Waals surface area (Å²) in [7, 11) is 0. The van der Waals surface area contributed by atoms with Crippen LogP contribution in [-0.4, -0.2) is 40.9 Å². The molecule has 2 unspecified atom stereocenters. The summed E-state index contributed by atoms with van der Waals surface area (Å²) in [6.45, 7) is 13.8. The SMILES string of the molecule is Cc1ccccc1C12CC(C)C(=O)N1CCN(C(C)(C)C)C2. The van der Waals surface area contributed by atoms with Crippen LogP contribution in [0, 0.1) is 12.8 Å². The number of piperazine rings is 1. The predicted octanol–water partition coefficient (Wildman–Crippen LogP) is 3.17. The van der Waals surface area contributed by atoms with Crippen molar-refractivity contribution in [3.05, 3.63) is 35.4 Å². The van der Waals surface area contributed by atoms with Crippen molar-refractivity contribution in [2.45, 2.75) is 52.1 Å². The van der Waals surface area contributed by atoms with E-state index in [0.29, 0.717) is 5.91 Å². The van der Waals surface area contributed by atoms with Gasteiger partial charge in [0.15, 0.2) is 0 Å². The van der Waals surface area contributed by atoms with Crippen LogP contribution in [0.2, 0.25) is 0 Å². The maximum atomic E-state index is 12.7. The predicted molar refractivity (Wildman–Crippen MR) is 89.7 cm³/mol. The number of rotatable bonds is 1. The molecule has 120 valence electrons. The van der Waals surface area contributed by atoms with E-state index in [-0.39, 0.29) is 17.0 Å². The average Bonchev–Trinajstić information content (AvgIpc) is 2.70. The maximum Gasteiger partial charge on any atom is 0.226 e. The summed E-state index contributed by atoms with van der Waals surface area (Å²) in [5, 5.41) is 0. The van der Waals surface area contributed by atoms with E-state index in [1.165, 1.54) is 11.1 Å². The van der Waals surface area contributed by atoms with Crippen LogP contribution in [0.15, 0.2) is 24.3 Å². The summed E-state index contributed by atoms with van der Waals surface area (Å²) < 4.78 is 0. The van der Waals surface area contributed by atoms with Crippen LogP contribution in [-0.2, 0) is 10.3 Å². The minimum Gasteiger partial charge on any atom is -0.330 e. The first kappa shape index (κ1) is 15.5. The summed E-state index contributed by atoms with van der Waals surface area (Å²) >= 11 is 0. The highest BCUT2D eigenvalue weighted by molar-refractivity contribution is 5.83. The Balaban J connectivity index is 2.09. The van der Waals surface area contributed by atoms with Gasteiger partial charge in [-0.1, -0.05) is 31.2 Å². The van der Waals surface area contributed by atoms with Gasteiger partial charge in [-0.2, -0.15) is 0 Å². The number of carbonyl (C=O) groups is 1. The van der Waals surface area contributed by atoms with Crippen molar-refractivity contribution in [2.75, 3.05) is 19.6 Å². The summed E-state index contributed by atoms with van der Waals surface area (Å²) in [6, 6.07) is 8.59. The molecule has 0 bridgehead atoms. The van der Waals surface area contributed by atoms with Gasteiger partial charge in [-0.15, -0.1) is 0 Å². The van der Waals surface area contributed by atoms with Crippen molar-refractivity contribution in [3.8, 4) is 0 Å². The fourth-order valence-electron chi connectivity index (χ4n) is 4.28. The minimum atomic E-state index is -0.145. The van der Waals surface area contributed by atoms with E-state index < -0.39 is 0 Å². The van der Waals surface area contributed by atoms with Crippen LogP contribution in [0.3, 0.4) is 0 Å². The molecule has 1 aromatic carbocycles. The van der Waals surface area contributed by atoms with E-state index in [9.17, 15) is 4.79 Å². The molecule has 0 aromatic heterocycles. The zero-order valence-electron chi connectivity index (χ0n) is 14.5. The summed E-state index contributed by atoms with van der Waals surface area (Å²) in [4.78, 5) is 17.4. The molecule has 3 nitrogen and oxygen atoms in total. The van der Waals surface area contributed by atoms with Gasteiger partial charge in [0.1, 0.15) is 0 Å². The first-order valence-electron chi connectivity index (χ1n) is 8.38. The highest BCUT2D eigenvalue weighted by Gasteiger charge is 2.54. The van der Waals surface area contributed by atoms with E-state index in [0.717, 1.165) is 26.1 Å². The second-order valence-corrected chi connectivity index (χ2v) is 8.03. The van der Waals surface area contributed by atoms with E-state index >= 15 is 0 Å². The number of hydrogen-bond acceptors (Lipinski definition) is 2. The van der Waals surface area contributed by atoms with Gasteiger partial charge in [0.25, 0.3) is 0 Å². The Hall–Kier alpha value is -1.35. The molecule has 22 heavy (non-hydrogen) atoms. The van der Waals surface area contributed by atoms with Crippen molar-refractivity contribution >= 4 is 5.91 Å². The molecule has 2 aliphatic heterocycles. The Kier molecular flexibility index (Phi) is 3.59. The highest BCUT2D eigenvalue weighted by Crippen LogP contribution is 2.46. The number of carbonyl (C=O) groups excluding carboxylic acids is 1. The molecule has 2 saturated heterocycles. The quantitative estimate of drug-likeness (QED) is 0.795. The average molecular weight is 300 g/mol. The summed E-state index contributed by atoms with van der Waals surface area (Å²) in [5.41, 5.74) is 2.62. The first-order valence-corrected chi connectivity index (χ1v) is 8.38. The molecule has 1 amide bonds. The van der Waals surface area contributed by atoms with E-state index in [1.54, 1.807) is 0 Å². The molecule has 3 heteroatoms. The second kappa shape index (κ2) is 5.09. The normalized spacial score (nSPS) is 29.8. The zero-order chi connectivity index (χ0) is 16.1. The molecule has 2 atom stereocenters. The molecule has 0 spiro atoms. The monoisotopic (exact) mass is 300 g/mol. The van der Waals surface area contributed by atoms with Gasteiger partial charge in [-0.25, -0.2) is 0 Å². The standard InChI is InChI=1S/C19H28N2O/c1-14-8-6-7-9-16(14)19-12-15(2)17(22)21(19)11-10-20(13-19)18(3,4)5/h6-9,15H,10-13H2,1-5H3. The third-order valence-corrected chi connectivity index (χ3v) is 5.49. The molecule has 2 heterocycles. The molecule has 2 aliphatic rings. The van der Waals surface area contributed by atoms with Gasteiger partial charge < -0.3 is 4.90 Å². The Bertz CT molecular complexity index is 589. The van der Waals surface area contributed by atoms with Gasteiger partial charge in [-0.3, -0.25) is 9.69 Å². The Morgan fingerprint density at radius 3 is 2.50 bits per heavy atom. The lowest BCUT2D eigenvalue weighted by molar-refractivity contribution is -0.138. The van der Waals surface area contributed by atoms with E-state index in [4.69, 9.17) is 0 Å². The number of amides is 1. The number of benzene rings is 1. The van der Waals surface area contributed by atoms with Gasteiger partial charge in [0, 0.05) is 31.1 Å². The van der Waals surface area contributed by atoms with Crippen molar-refractivity contribution in [2.24, 2.45) is 5.92 Å². The Morgan fingerprint density at radius 2 is 1.86 bits per heavy atom. The Labute approximate surface area is 134 Å². The topological polar surface area (TPSA) is 23.6 Å². The van der Waals surface area contributed by atoms with Gasteiger partial charge in [0.2, 0.25) is 5.91 Å². The molecule has 0 aliphatic carbocycles. The molecular formula is C19H28N2O. The molecule has 3 rings (SSSR count). The number of aryl methyl sites for hydroxylation is 1. The van der Waals surface area contributed by atoms with E-state index in [1.807, 2.05) is 0 Å². The molecule has 0 saturated carbocycles. The highest BCUT2D eigenvalue weighted by atomic mass is 16.2. The molecule has 2 fully saturated rings. The van der Waals surface area contributed by atoms with Crippen LogP contribution < -0.4 is 0 Å². The summed E-state index contributed by atoms with van der Waals surface area (Å²) in [6.07, 6.45) is 0.934. The van der Waals surface area contributed by atoms with Gasteiger partial charge in [0.05, 0.1) is 5.54 Å². The van der Waals surface area contributed by atoms with Crippen LogP contribution in [0.4, 0.5) is 0 Å². The second-order valence-electron chi connectivity index (χ2n) is 8.03. The van der Waals surface area contributed by atoms with Crippen LogP contribution in [0.1, 0.15) is 45.2 Å². The van der Waals surface area contributed by atoms with Crippen molar-refractivity contribution in [1.29, 1.82) is 0 Å². The van der Waals surface area contributed by atoms with Gasteiger partial charge >= 0.3 is 0 Å². The smallest absolute Gasteiger partial charge is 0.226 e. The lowest BCUT2D eigenvalue weighted by Crippen LogP contribution is -2.62. The van der Waals surface area contributed by atoms with Crippen molar-refractivity contribution in [1.82, 2.24) is 9.80 Å². The van der Waals surface area contributed by atoms with Gasteiger partial charge in [-0.05, 0) is 45.2 Å². The first-order chi connectivity index (χ1) is 10.3. The van der Waals surface area contributed by atoms with Crippen LogP contribution >= 0.6 is 0 Å². The van der Waals surface area contributed by atoms with Crippen molar-refractivity contribution in [3.63, 3.8) is 0 Å². The lowest BCUT2D eigenvalue weighted by Gasteiger charge is -2.51. The van der Waals surface area contributed by atoms with Crippen LogP contribution in [0.25, 0.3) is 0 Å². The third-order valence-electron chi connectivity index (χ3n) is 5.49. The largest absolute Gasteiger partial charge is 0.330 e. The lowest BCUT2D eigenvalue weighted by atomic mass is 9.80. The van der Waals surface area contributed by atoms with Crippen LogP contribution in [0.5, 0.6) is 0 Å². The molecule has 0 radical (unpaired) electrons. The van der Waals surface area contributed by atoms with E-state index in [2.05, 4.69) is 68.7 Å². The fraction of sp³-hybridized carbons (Fsp3) is 0.632. The number of hydrogen-bond donors (Lipinski definition) is 0. The fourth-order valence-corrected chi connectivity index (χ4v) is 4.28. The van der Waals surface area contributed by atoms with Crippen molar-refractivity contribution < 1.29 is 4.79 Å². The summed E-state index contributed by atoms with van der Waals surface area (Å²) in [5.74, 6) is 0.455. The zero-order valence-corrected chi connectivity index (χ0v) is 14.5. The minimum absolute atomic E-state index is 0.125. The molecular weight excluding hydrogens is 272 g/mol. The Morgan fingerprint density at radius 1 is 1.18 bits per heavy atom. The number of fused-ring (bicyclic) bond motifs is 1. The maximum absolute atomic E-state index is 12.7. The number of nitrogens with zero attached hydrogens (tertiary/aromatic N) is 2.